The van der Waals surface area contributed by atoms with Crippen LogP contribution >= 0.6 is 24.0 Å². The Hall–Kier alpha value is -0.700. The van der Waals surface area contributed by atoms with Crippen molar-refractivity contribution < 1.29 is 0 Å². The highest BCUT2D eigenvalue weighted by atomic mass is 35.5. The minimum atomic E-state index is -0.196. The van der Waals surface area contributed by atoms with E-state index in [2.05, 4.69) is 6.58 Å². The normalized spacial score (nSPS) is 11.5. The largest absolute Gasteiger partial charge is 0.378 e. The second-order valence-corrected chi connectivity index (χ2v) is 3.77. The molecule has 15 heavy (non-hydrogen) atoms. The molecule has 0 aromatic heterocycles. The van der Waals surface area contributed by atoms with Gasteiger partial charge in [0, 0.05) is 30.8 Å². The SMILES string of the molecule is C=C[C@@H](N)c1ccc(N(C)C)cc1Cl.Cl. The third-order valence-corrected chi connectivity index (χ3v) is 2.44. The Bertz CT molecular complexity index is 337. The van der Waals surface area contributed by atoms with E-state index in [9.17, 15) is 0 Å². The molecule has 0 bridgehead atoms. The first-order valence-electron chi connectivity index (χ1n) is 4.41. The second kappa shape index (κ2) is 6.01. The van der Waals surface area contributed by atoms with Crippen molar-refractivity contribution in [2.24, 2.45) is 5.73 Å². The van der Waals surface area contributed by atoms with Gasteiger partial charge in [0.15, 0.2) is 0 Å². The van der Waals surface area contributed by atoms with Crippen LogP contribution in [-0.2, 0) is 0 Å². The fourth-order valence-corrected chi connectivity index (χ4v) is 1.49. The number of rotatable bonds is 3. The zero-order valence-corrected chi connectivity index (χ0v) is 10.5. The Kier molecular flexibility index (Phi) is 5.73. The van der Waals surface area contributed by atoms with Gasteiger partial charge in [0.2, 0.25) is 0 Å². The van der Waals surface area contributed by atoms with E-state index in [1.165, 1.54) is 0 Å². The lowest BCUT2D eigenvalue weighted by molar-refractivity contribution is 0.914. The number of benzene rings is 1. The van der Waals surface area contributed by atoms with Crippen molar-refractivity contribution in [3.05, 3.63) is 41.4 Å². The average Bonchev–Trinajstić information content (AvgIpc) is 2.16. The van der Waals surface area contributed by atoms with Crippen molar-refractivity contribution in [3.63, 3.8) is 0 Å². The lowest BCUT2D eigenvalue weighted by Crippen LogP contribution is -2.11. The Balaban J connectivity index is 0.00000196. The standard InChI is InChI=1S/C11H15ClN2.ClH/c1-4-11(13)9-6-5-8(14(2)3)7-10(9)12;/h4-7,11H,1,13H2,2-3H3;1H/t11-;/m1./s1. The topological polar surface area (TPSA) is 29.3 Å². The third-order valence-electron chi connectivity index (χ3n) is 2.11. The minimum absolute atomic E-state index is 0. The van der Waals surface area contributed by atoms with E-state index in [0.717, 1.165) is 11.3 Å². The molecule has 4 heteroatoms. The third kappa shape index (κ3) is 3.42. The number of hydrogen-bond donors (Lipinski definition) is 1. The molecule has 0 aliphatic heterocycles. The van der Waals surface area contributed by atoms with Crippen LogP contribution < -0.4 is 10.6 Å². The molecule has 1 rings (SSSR count). The predicted octanol–water partition coefficient (Wildman–Crippen LogP) is 3.01. The molecular formula is C11H16Cl2N2. The summed E-state index contributed by atoms with van der Waals surface area (Å²) in [6, 6.07) is 5.63. The molecule has 0 heterocycles. The summed E-state index contributed by atoms with van der Waals surface area (Å²) < 4.78 is 0. The minimum Gasteiger partial charge on any atom is -0.378 e. The van der Waals surface area contributed by atoms with Crippen LogP contribution in [0, 0.1) is 0 Å². The first-order valence-corrected chi connectivity index (χ1v) is 4.79. The van der Waals surface area contributed by atoms with Gasteiger partial charge in [-0.05, 0) is 17.7 Å². The summed E-state index contributed by atoms with van der Waals surface area (Å²) in [7, 11) is 3.94. The van der Waals surface area contributed by atoms with Crippen LogP contribution in [0.4, 0.5) is 5.69 Å². The lowest BCUT2D eigenvalue weighted by Gasteiger charge is -2.15. The van der Waals surface area contributed by atoms with E-state index in [1.54, 1.807) is 6.08 Å². The van der Waals surface area contributed by atoms with Crippen LogP contribution in [0.3, 0.4) is 0 Å². The van der Waals surface area contributed by atoms with Gasteiger partial charge < -0.3 is 10.6 Å². The van der Waals surface area contributed by atoms with Gasteiger partial charge in [-0.3, -0.25) is 0 Å². The summed E-state index contributed by atoms with van der Waals surface area (Å²) in [5, 5.41) is 0.684. The van der Waals surface area contributed by atoms with Crippen molar-refractivity contribution in [2.45, 2.75) is 6.04 Å². The summed E-state index contributed by atoms with van der Waals surface area (Å²) in [5.74, 6) is 0. The van der Waals surface area contributed by atoms with Gasteiger partial charge in [0.1, 0.15) is 0 Å². The quantitative estimate of drug-likeness (QED) is 0.832. The highest BCUT2D eigenvalue weighted by Crippen LogP contribution is 2.26. The van der Waals surface area contributed by atoms with Crippen LogP contribution in [0.15, 0.2) is 30.9 Å². The molecule has 0 aliphatic rings. The van der Waals surface area contributed by atoms with E-state index >= 15 is 0 Å². The smallest absolute Gasteiger partial charge is 0.0493 e. The van der Waals surface area contributed by atoms with Crippen molar-refractivity contribution in [3.8, 4) is 0 Å². The van der Waals surface area contributed by atoms with E-state index in [-0.39, 0.29) is 18.4 Å². The highest BCUT2D eigenvalue weighted by Gasteiger charge is 2.07. The summed E-state index contributed by atoms with van der Waals surface area (Å²) in [6.45, 7) is 3.64. The molecule has 1 aromatic carbocycles. The molecule has 1 atom stereocenters. The maximum Gasteiger partial charge on any atom is 0.0493 e. The van der Waals surface area contributed by atoms with Gasteiger partial charge in [0.05, 0.1) is 0 Å². The van der Waals surface area contributed by atoms with Gasteiger partial charge in [-0.15, -0.1) is 19.0 Å². The first-order chi connectivity index (χ1) is 6.56. The molecule has 0 amide bonds. The lowest BCUT2D eigenvalue weighted by atomic mass is 10.1. The molecule has 0 aliphatic carbocycles. The Morgan fingerprint density at radius 3 is 2.47 bits per heavy atom. The van der Waals surface area contributed by atoms with E-state index in [0.29, 0.717) is 5.02 Å². The number of halogens is 2. The zero-order chi connectivity index (χ0) is 10.7. The van der Waals surface area contributed by atoms with Gasteiger partial charge in [-0.2, -0.15) is 0 Å². The molecule has 0 saturated carbocycles. The van der Waals surface area contributed by atoms with Crippen LogP contribution in [0.2, 0.25) is 5.02 Å². The number of nitrogens with zero attached hydrogens (tertiary/aromatic N) is 1. The maximum atomic E-state index is 6.09. The average molecular weight is 247 g/mol. The van der Waals surface area contributed by atoms with Gasteiger partial charge >= 0.3 is 0 Å². The monoisotopic (exact) mass is 246 g/mol. The molecule has 0 unspecified atom stereocenters. The number of nitrogens with two attached hydrogens (primary N) is 1. The fraction of sp³-hybridized carbons (Fsp3) is 0.273. The van der Waals surface area contributed by atoms with Crippen molar-refractivity contribution in [2.75, 3.05) is 19.0 Å². The Morgan fingerprint density at radius 2 is 2.07 bits per heavy atom. The Morgan fingerprint density at radius 1 is 1.47 bits per heavy atom. The van der Waals surface area contributed by atoms with E-state index < -0.39 is 0 Å². The van der Waals surface area contributed by atoms with Gasteiger partial charge in [-0.1, -0.05) is 23.7 Å². The van der Waals surface area contributed by atoms with Crippen molar-refractivity contribution in [1.29, 1.82) is 0 Å². The van der Waals surface area contributed by atoms with Gasteiger partial charge in [0.25, 0.3) is 0 Å². The Labute approximate surface area is 102 Å². The van der Waals surface area contributed by atoms with Crippen molar-refractivity contribution in [1.82, 2.24) is 0 Å². The highest BCUT2D eigenvalue weighted by molar-refractivity contribution is 6.31. The summed E-state index contributed by atoms with van der Waals surface area (Å²) in [6.07, 6.45) is 1.68. The van der Waals surface area contributed by atoms with E-state index in [1.807, 2.05) is 37.2 Å². The molecule has 1 aromatic rings. The predicted molar refractivity (Wildman–Crippen MR) is 70.2 cm³/mol. The molecule has 2 nitrogen and oxygen atoms in total. The summed E-state index contributed by atoms with van der Waals surface area (Å²) in [4.78, 5) is 2.00. The molecule has 0 radical (unpaired) electrons. The second-order valence-electron chi connectivity index (χ2n) is 3.36. The van der Waals surface area contributed by atoms with Crippen LogP contribution in [0.25, 0.3) is 0 Å². The van der Waals surface area contributed by atoms with E-state index in [4.69, 9.17) is 17.3 Å². The molecule has 0 fully saturated rings. The summed E-state index contributed by atoms with van der Waals surface area (Å²) >= 11 is 6.09. The van der Waals surface area contributed by atoms with Crippen LogP contribution in [0.5, 0.6) is 0 Å². The fourth-order valence-electron chi connectivity index (χ4n) is 1.19. The number of anilines is 1. The van der Waals surface area contributed by atoms with Crippen molar-refractivity contribution >= 4 is 29.7 Å². The molecule has 2 N–H and O–H groups in total. The maximum absolute atomic E-state index is 6.09. The molecule has 84 valence electrons. The van der Waals surface area contributed by atoms with Gasteiger partial charge in [-0.25, -0.2) is 0 Å². The summed E-state index contributed by atoms with van der Waals surface area (Å²) in [5.41, 5.74) is 7.78. The van der Waals surface area contributed by atoms with Crippen LogP contribution in [-0.4, -0.2) is 14.1 Å². The van der Waals surface area contributed by atoms with Crippen LogP contribution in [0.1, 0.15) is 11.6 Å². The first kappa shape index (κ1) is 14.3. The molecular weight excluding hydrogens is 231 g/mol. The molecule has 0 spiro atoms. The number of hydrogen-bond acceptors (Lipinski definition) is 2. The molecule has 0 saturated heterocycles. The zero-order valence-electron chi connectivity index (χ0n) is 8.90.